The van der Waals surface area contributed by atoms with Crippen molar-refractivity contribution >= 4 is 17.5 Å². The van der Waals surface area contributed by atoms with Gasteiger partial charge in [0, 0.05) is 29.1 Å². The number of hydrogen-bond donors (Lipinski definition) is 1. The molecule has 6 nitrogen and oxygen atoms in total. The molecule has 1 aliphatic rings. The predicted molar refractivity (Wildman–Crippen MR) is 161 cm³/mol. The number of carbonyl (C=O) groups excluding carboxylic acids is 2. The summed E-state index contributed by atoms with van der Waals surface area (Å²) in [7, 11) is 1.61. The third-order valence-corrected chi connectivity index (χ3v) is 7.73. The fraction of sp³-hybridized carbons (Fsp3) is 0.143. The summed E-state index contributed by atoms with van der Waals surface area (Å²) in [6, 6.07) is 31.1. The molecular formula is C35H30FN3O3. The predicted octanol–water partition coefficient (Wildman–Crippen LogP) is 6.75. The molecule has 42 heavy (non-hydrogen) atoms. The van der Waals surface area contributed by atoms with Crippen molar-refractivity contribution in [1.82, 2.24) is 9.88 Å². The maximum atomic E-state index is 14.1. The summed E-state index contributed by atoms with van der Waals surface area (Å²) in [6.45, 7) is 3.07. The zero-order valence-corrected chi connectivity index (χ0v) is 23.4. The molecule has 0 aliphatic carbocycles. The molecule has 6 rings (SSSR count). The van der Waals surface area contributed by atoms with Gasteiger partial charge < -0.3 is 19.5 Å². The molecule has 5 aromatic rings. The Hall–Kier alpha value is -5.17. The number of carbonyl (C=O) groups is 2. The molecular weight excluding hydrogens is 529 g/mol. The van der Waals surface area contributed by atoms with E-state index in [4.69, 9.17) is 4.74 Å². The van der Waals surface area contributed by atoms with Crippen LogP contribution in [0.1, 0.15) is 43.2 Å². The number of ether oxygens (including phenoxy) is 1. The van der Waals surface area contributed by atoms with Gasteiger partial charge in [0.05, 0.1) is 20.2 Å². The fourth-order valence-electron chi connectivity index (χ4n) is 5.49. The topological polar surface area (TPSA) is 63.6 Å². The molecule has 0 bridgehead atoms. The molecule has 7 heteroatoms. The molecule has 1 N–H and O–H groups in total. The minimum atomic E-state index is -0.319. The molecule has 0 fully saturated rings. The minimum Gasteiger partial charge on any atom is -0.496 e. The van der Waals surface area contributed by atoms with Crippen molar-refractivity contribution in [2.24, 2.45) is 0 Å². The fourth-order valence-corrected chi connectivity index (χ4v) is 5.49. The molecule has 0 saturated heterocycles. The summed E-state index contributed by atoms with van der Waals surface area (Å²) in [5.74, 6) is -0.0874. The highest BCUT2D eigenvalue weighted by Gasteiger charge is 2.28. The maximum absolute atomic E-state index is 14.1. The highest BCUT2D eigenvalue weighted by atomic mass is 19.1. The van der Waals surface area contributed by atoms with Crippen LogP contribution in [0.15, 0.2) is 103 Å². The lowest BCUT2D eigenvalue weighted by molar-refractivity contribution is 0.0941. The number of methoxy groups -OCH3 is 1. The van der Waals surface area contributed by atoms with E-state index in [1.807, 2.05) is 65.2 Å². The van der Waals surface area contributed by atoms with E-state index in [0.717, 1.165) is 39.2 Å². The van der Waals surface area contributed by atoms with Crippen LogP contribution in [0.4, 0.5) is 10.1 Å². The van der Waals surface area contributed by atoms with E-state index >= 15 is 0 Å². The average Bonchev–Trinajstić information content (AvgIpc) is 3.33. The van der Waals surface area contributed by atoms with E-state index in [-0.39, 0.29) is 24.2 Å². The van der Waals surface area contributed by atoms with Crippen molar-refractivity contribution in [2.75, 3.05) is 12.0 Å². The number of anilines is 1. The van der Waals surface area contributed by atoms with Crippen LogP contribution in [0.25, 0.3) is 11.1 Å². The first-order valence-corrected chi connectivity index (χ1v) is 13.8. The van der Waals surface area contributed by atoms with Crippen molar-refractivity contribution in [2.45, 2.75) is 26.6 Å². The third kappa shape index (κ3) is 5.17. The summed E-state index contributed by atoms with van der Waals surface area (Å²) in [5.41, 5.74) is 7.48. The number of hydrogen-bond acceptors (Lipinski definition) is 3. The lowest BCUT2D eigenvalue weighted by Gasteiger charge is -2.23. The number of benzene rings is 4. The van der Waals surface area contributed by atoms with Crippen LogP contribution in [0.2, 0.25) is 0 Å². The molecule has 210 valence electrons. The van der Waals surface area contributed by atoms with Crippen LogP contribution < -0.4 is 15.0 Å². The van der Waals surface area contributed by atoms with E-state index in [0.29, 0.717) is 30.1 Å². The van der Waals surface area contributed by atoms with Crippen molar-refractivity contribution in [3.8, 4) is 16.9 Å². The van der Waals surface area contributed by atoms with Gasteiger partial charge in [0.15, 0.2) is 0 Å². The summed E-state index contributed by atoms with van der Waals surface area (Å²) < 4.78 is 21.0. The molecule has 0 spiro atoms. The summed E-state index contributed by atoms with van der Waals surface area (Å²) >= 11 is 0. The first-order valence-electron chi connectivity index (χ1n) is 13.8. The zero-order chi connectivity index (χ0) is 29.2. The van der Waals surface area contributed by atoms with E-state index in [2.05, 4.69) is 18.3 Å². The van der Waals surface area contributed by atoms with Crippen LogP contribution in [-0.2, 0) is 19.6 Å². The smallest absolute Gasteiger partial charge is 0.268 e. The Balaban J connectivity index is 1.30. The Kier molecular flexibility index (Phi) is 7.32. The Morgan fingerprint density at radius 3 is 2.40 bits per heavy atom. The van der Waals surface area contributed by atoms with Crippen molar-refractivity contribution < 1.29 is 18.7 Å². The maximum Gasteiger partial charge on any atom is 0.268 e. The van der Waals surface area contributed by atoms with Gasteiger partial charge in [-0.1, -0.05) is 54.6 Å². The zero-order valence-electron chi connectivity index (χ0n) is 23.4. The van der Waals surface area contributed by atoms with Crippen LogP contribution in [0.3, 0.4) is 0 Å². The molecule has 1 aliphatic heterocycles. The molecule has 0 radical (unpaired) electrons. The SMILES string of the molecule is COc1cc(C(=O)N2Cc3ccc(C(=O)NCc4ccc(F)cc4)n3Cc3ccccc32)ccc1-c1ccccc1C. The summed E-state index contributed by atoms with van der Waals surface area (Å²) in [6.07, 6.45) is 0. The van der Waals surface area contributed by atoms with Crippen molar-refractivity contribution in [3.63, 3.8) is 0 Å². The number of amides is 2. The number of rotatable bonds is 6. The van der Waals surface area contributed by atoms with Gasteiger partial charge in [-0.3, -0.25) is 9.59 Å². The number of para-hydroxylation sites is 1. The molecule has 1 aromatic heterocycles. The number of halogens is 1. The van der Waals surface area contributed by atoms with E-state index in [9.17, 15) is 14.0 Å². The number of nitrogens with zero attached hydrogens (tertiary/aromatic N) is 2. The number of nitrogens with one attached hydrogen (secondary N) is 1. The highest BCUT2D eigenvalue weighted by Crippen LogP contribution is 2.35. The first kappa shape index (κ1) is 27.0. The normalized spacial score (nSPS) is 12.2. The van der Waals surface area contributed by atoms with Gasteiger partial charge in [-0.25, -0.2) is 4.39 Å². The second-order valence-electron chi connectivity index (χ2n) is 10.4. The Bertz CT molecular complexity index is 1790. The second kappa shape index (κ2) is 11.4. The van der Waals surface area contributed by atoms with Gasteiger partial charge in [-0.15, -0.1) is 0 Å². The van der Waals surface area contributed by atoms with Gasteiger partial charge >= 0.3 is 0 Å². The molecule has 2 amide bonds. The van der Waals surface area contributed by atoms with E-state index in [1.165, 1.54) is 12.1 Å². The van der Waals surface area contributed by atoms with Gasteiger partial charge in [0.25, 0.3) is 11.8 Å². The molecule has 0 unspecified atom stereocenters. The minimum absolute atomic E-state index is 0.158. The van der Waals surface area contributed by atoms with Gasteiger partial charge in [0.2, 0.25) is 0 Å². The monoisotopic (exact) mass is 559 g/mol. The van der Waals surface area contributed by atoms with Gasteiger partial charge in [-0.05, 0) is 77.7 Å². The van der Waals surface area contributed by atoms with E-state index < -0.39 is 0 Å². The molecule has 2 heterocycles. The lowest BCUT2D eigenvalue weighted by atomic mass is 9.98. The van der Waals surface area contributed by atoms with Crippen LogP contribution in [0, 0.1) is 12.7 Å². The van der Waals surface area contributed by atoms with Gasteiger partial charge in [0.1, 0.15) is 17.3 Å². The first-order chi connectivity index (χ1) is 20.4. The summed E-state index contributed by atoms with van der Waals surface area (Å²) in [5, 5.41) is 2.93. The van der Waals surface area contributed by atoms with Crippen molar-refractivity contribution in [1.29, 1.82) is 0 Å². The highest BCUT2D eigenvalue weighted by molar-refractivity contribution is 6.07. The average molecular weight is 560 g/mol. The van der Waals surface area contributed by atoms with Crippen LogP contribution in [0.5, 0.6) is 5.75 Å². The largest absolute Gasteiger partial charge is 0.496 e. The van der Waals surface area contributed by atoms with Crippen LogP contribution in [-0.4, -0.2) is 23.5 Å². The Labute approximate surface area is 244 Å². The number of aromatic nitrogens is 1. The lowest BCUT2D eigenvalue weighted by Crippen LogP contribution is -2.30. The van der Waals surface area contributed by atoms with Gasteiger partial charge in [-0.2, -0.15) is 0 Å². The van der Waals surface area contributed by atoms with Crippen molar-refractivity contribution in [3.05, 3.63) is 143 Å². The second-order valence-corrected chi connectivity index (χ2v) is 10.4. The Morgan fingerprint density at radius 1 is 0.857 bits per heavy atom. The molecule has 0 atom stereocenters. The summed E-state index contributed by atoms with van der Waals surface area (Å²) in [4.78, 5) is 29.1. The van der Waals surface area contributed by atoms with Crippen LogP contribution >= 0.6 is 0 Å². The van der Waals surface area contributed by atoms with E-state index in [1.54, 1.807) is 36.3 Å². The molecule has 0 saturated carbocycles. The number of fused-ring (bicyclic) bond motifs is 2. The standard InChI is InChI=1S/C35H30FN3O3/c1-23-7-3-5-9-29(23)30-17-13-25(19-33(30)42-2)35(41)39-22-28-16-18-32(38(28)21-26-8-4-6-10-31(26)39)34(40)37-20-24-11-14-27(36)15-12-24/h3-19H,20-22H2,1-2H3,(H,37,40). The molecule has 4 aromatic carbocycles. The number of aryl methyl sites for hydroxylation is 1. The third-order valence-electron chi connectivity index (χ3n) is 7.73. The quantitative estimate of drug-likeness (QED) is 0.250. The Morgan fingerprint density at radius 2 is 1.62 bits per heavy atom.